The standard InChI is InChI=1S/C28H19F3N2O/c1-17-3-11-26-23(13-17)24-15-21(34-2)9-12-27(24)33(26)20-7-5-19(6-8-20)22-10-4-18(16-32)14-25(22)28(29,30)31/h3-15H,1-2H3. The lowest BCUT2D eigenvalue weighted by molar-refractivity contribution is -0.137. The first-order valence-electron chi connectivity index (χ1n) is 10.6. The van der Waals surface area contributed by atoms with E-state index >= 15 is 0 Å². The summed E-state index contributed by atoms with van der Waals surface area (Å²) < 4.78 is 48.5. The lowest BCUT2D eigenvalue weighted by atomic mass is 9.97. The van der Waals surface area contributed by atoms with Crippen LogP contribution >= 0.6 is 0 Å². The maximum absolute atomic E-state index is 13.7. The van der Waals surface area contributed by atoms with Gasteiger partial charge in [-0.25, -0.2) is 0 Å². The molecule has 0 saturated heterocycles. The second-order valence-electron chi connectivity index (χ2n) is 8.16. The molecule has 168 valence electrons. The van der Waals surface area contributed by atoms with E-state index in [0.29, 0.717) is 5.56 Å². The van der Waals surface area contributed by atoms with E-state index in [1.54, 1.807) is 25.3 Å². The summed E-state index contributed by atoms with van der Waals surface area (Å²) in [5.41, 5.74) is 3.56. The molecule has 0 atom stereocenters. The van der Waals surface area contributed by atoms with E-state index in [0.717, 1.165) is 44.9 Å². The van der Waals surface area contributed by atoms with Crippen LogP contribution in [0, 0.1) is 18.3 Å². The number of hydrogen-bond donors (Lipinski definition) is 0. The molecule has 0 fully saturated rings. The molecule has 0 unspecified atom stereocenters. The van der Waals surface area contributed by atoms with Gasteiger partial charge in [-0.3, -0.25) is 0 Å². The average molecular weight is 456 g/mol. The SMILES string of the molecule is COc1ccc2c(c1)c1cc(C)ccc1n2-c1ccc(-c2ccc(C#N)cc2C(F)(F)F)cc1. The van der Waals surface area contributed by atoms with Crippen LogP contribution in [0.2, 0.25) is 0 Å². The van der Waals surface area contributed by atoms with Crippen molar-refractivity contribution in [2.45, 2.75) is 13.1 Å². The van der Waals surface area contributed by atoms with Crippen molar-refractivity contribution in [3.05, 3.63) is 95.6 Å². The molecule has 34 heavy (non-hydrogen) atoms. The van der Waals surface area contributed by atoms with Gasteiger partial charge in [0.15, 0.2) is 0 Å². The maximum Gasteiger partial charge on any atom is 0.417 e. The monoisotopic (exact) mass is 456 g/mol. The second kappa shape index (κ2) is 7.96. The van der Waals surface area contributed by atoms with Gasteiger partial charge in [-0.2, -0.15) is 18.4 Å². The van der Waals surface area contributed by atoms with E-state index in [-0.39, 0.29) is 11.1 Å². The van der Waals surface area contributed by atoms with Crippen molar-refractivity contribution in [1.29, 1.82) is 5.26 Å². The Morgan fingerprint density at radius 1 is 0.824 bits per heavy atom. The van der Waals surface area contributed by atoms with Gasteiger partial charge in [0, 0.05) is 16.5 Å². The van der Waals surface area contributed by atoms with Crippen molar-refractivity contribution in [2.24, 2.45) is 0 Å². The molecule has 0 N–H and O–H groups in total. The van der Waals surface area contributed by atoms with Gasteiger partial charge >= 0.3 is 6.18 Å². The molecular weight excluding hydrogens is 437 g/mol. The van der Waals surface area contributed by atoms with Gasteiger partial charge in [0.1, 0.15) is 5.75 Å². The molecule has 0 saturated carbocycles. The van der Waals surface area contributed by atoms with Gasteiger partial charge < -0.3 is 9.30 Å². The van der Waals surface area contributed by atoms with Crippen LogP contribution in [0.3, 0.4) is 0 Å². The number of aryl methyl sites for hydroxylation is 1. The summed E-state index contributed by atoms with van der Waals surface area (Å²) >= 11 is 0. The van der Waals surface area contributed by atoms with Gasteiger partial charge in [-0.15, -0.1) is 0 Å². The molecule has 4 aromatic carbocycles. The first-order chi connectivity index (χ1) is 16.3. The predicted octanol–water partition coefficient (Wildman–Crippen LogP) is 7.66. The third kappa shape index (κ3) is 3.56. The van der Waals surface area contributed by atoms with Gasteiger partial charge in [0.05, 0.1) is 35.3 Å². The van der Waals surface area contributed by atoms with Crippen molar-refractivity contribution in [3.8, 4) is 28.6 Å². The summed E-state index contributed by atoms with van der Waals surface area (Å²) in [5.74, 6) is 0.754. The zero-order valence-corrected chi connectivity index (χ0v) is 18.4. The van der Waals surface area contributed by atoms with E-state index in [9.17, 15) is 13.2 Å². The first-order valence-corrected chi connectivity index (χ1v) is 10.6. The summed E-state index contributed by atoms with van der Waals surface area (Å²) in [7, 11) is 1.63. The van der Waals surface area contributed by atoms with Crippen LogP contribution in [0.15, 0.2) is 78.9 Å². The minimum atomic E-state index is -4.56. The maximum atomic E-state index is 13.7. The highest BCUT2D eigenvalue weighted by Crippen LogP contribution is 2.39. The van der Waals surface area contributed by atoms with Crippen LogP contribution in [-0.2, 0) is 6.18 Å². The summed E-state index contributed by atoms with van der Waals surface area (Å²) in [6, 6.07) is 24.5. The number of fused-ring (bicyclic) bond motifs is 3. The number of halogens is 3. The van der Waals surface area contributed by atoms with Gasteiger partial charge in [0.25, 0.3) is 0 Å². The van der Waals surface area contributed by atoms with Crippen LogP contribution in [-0.4, -0.2) is 11.7 Å². The van der Waals surface area contributed by atoms with Crippen molar-refractivity contribution in [3.63, 3.8) is 0 Å². The van der Waals surface area contributed by atoms with Gasteiger partial charge in [-0.1, -0.05) is 29.8 Å². The number of nitriles is 1. The Hall–Kier alpha value is -4.24. The molecular formula is C28H19F3N2O. The Labute approximate surface area is 194 Å². The molecule has 0 spiro atoms. The van der Waals surface area contributed by atoms with Crippen LogP contribution in [0.4, 0.5) is 13.2 Å². The molecule has 3 nitrogen and oxygen atoms in total. The molecule has 0 amide bonds. The Morgan fingerprint density at radius 3 is 2.15 bits per heavy atom. The summed E-state index contributed by atoms with van der Waals surface area (Å²) in [5, 5.41) is 11.1. The minimum absolute atomic E-state index is 0.0244. The fraction of sp³-hybridized carbons (Fsp3) is 0.107. The van der Waals surface area contributed by atoms with E-state index in [1.807, 2.05) is 49.4 Å². The number of hydrogen-bond acceptors (Lipinski definition) is 2. The second-order valence-corrected chi connectivity index (χ2v) is 8.16. The van der Waals surface area contributed by atoms with E-state index < -0.39 is 11.7 Å². The highest BCUT2D eigenvalue weighted by atomic mass is 19.4. The third-order valence-corrected chi connectivity index (χ3v) is 6.02. The van der Waals surface area contributed by atoms with E-state index in [4.69, 9.17) is 10.00 Å². The fourth-order valence-corrected chi connectivity index (χ4v) is 4.41. The Morgan fingerprint density at radius 2 is 1.50 bits per heavy atom. The number of ether oxygens (including phenoxy) is 1. The van der Waals surface area contributed by atoms with Crippen LogP contribution in [0.25, 0.3) is 38.6 Å². The van der Waals surface area contributed by atoms with Crippen molar-refractivity contribution in [2.75, 3.05) is 7.11 Å². The molecule has 0 bridgehead atoms. The number of methoxy groups -OCH3 is 1. The van der Waals surface area contributed by atoms with E-state index in [2.05, 4.69) is 10.6 Å². The van der Waals surface area contributed by atoms with Crippen molar-refractivity contribution < 1.29 is 17.9 Å². The van der Waals surface area contributed by atoms with Crippen molar-refractivity contribution in [1.82, 2.24) is 4.57 Å². The number of benzene rings is 4. The molecule has 1 aromatic heterocycles. The lowest BCUT2D eigenvalue weighted by Gasteiger charge is -2.14. The molecule has 5 aromatic rings. The van der Waals surface area contributed by atoms with Crippen LogP contribution in [0.1, 0.15) is 16.7 Å². The zero-order valence-electron chi connectivity index (χ0n) is 18.4. The normalized spacial score (nSPS) is 11.6. The Bertz CT molecular complexity index is 1590. The quantitative estimate of drug-likeness (QED) is 0.280. The molecule has 0 aliphatic heterocycles. The topological polar surface area (TPSA) is 38.0 Å². The summed E-state index contributed by atoms with van der Waals surface area (Å²) in [6.07, 6.45) is -4.56. The van der Waals surface area contributed by atoms with Crippen LogP contribution in [0.5, 0.6) is 5.75 Å². The zero-order chi connectivity index (χ0) is 24.0. The Kier molecular flexibility index (Phi) is 5.06. The number of aromatic nitrogens is 1. The molecule has 0 aliphatic rings. The molecule has 0 aliphatic carbocycles. The third-order valence-electron chi connectivity index (χ3n) is 6.02. The first kappa shape index (κ1) is 21.6. The van der Waals surface area contributed by atoms with Crippen LogP contribution < -0.4 is 4.74 Å². The number of rotatable bonds is 3. The largest absolute Gasteiger partial charge is 0.497 e. The average Bonchev–Trinajstić information content (AvgIpc) is 3.16. The fourth-order valence-electron chi connectivity index (χ4n) is 4.41. The highest BCUT2D eigenvalue weighted by Gasteiger charge is 2.34. The predicted molar refractivity (Wildman–Crippen MR) is 127 cm³/mol. The summed E-state index contributed by atoms with van der Waals surface area (Å²) in [4.78, 5) is 0. The van der Waals surface area contributed by atoms with Gasteiger partial charge in [-0.05, 0) is 72.6 Å². The minimum Gasteiger partial charge on any atom is -0.497 e. The smallest absolute Gasteiger partial charge is 0.417 e. The molecule has 1 heterocycles. The van der Waals surface area contributed by atoms with E-state index in [1.165, 1.54) is 12.1 Å². The summed E-state index contributed by atoms with van der Waals surface area (Å²) in [6.45, 7) is 2.04. The lowest BCUT2D eigenvalue weighted by Crippen LogP contribution is -2.07. The van der Waals surface area contributed by atoms with Crippen molar-refractivity contribution >= 4 is 21.8 Å². The highest BCUT2D eigenvalue weighted by molar-refractivity contribution is 6.10. The van der Waals surface area contributed by atoms with Gasteiger partial charge in [0.2, 0.25) is 0 Å². The number of nitrogens with zero attached hydrogens (tertiary/aromatic N) is 2. The molecule has 6 heteroatoms. The molecule has 0 radical (unpaired) electrons. The Balaban J connectivity index is 1.68. The molecule has 5 rings (SSSR count). The number of alkyl halides is 3.